The van der Waals surface area contributed by atoms with E-state index in [0.717, 1.165) is 5.56 Å². The number of benzene rings is 2. The highest BCUT2D eigenvalue weighted by Crippen LogP contribution is 2.27. The van der Waals surface area contributed by atoms with E-state index in [4.69, 9.17) is 20.8 Å². The highest BCUT2D eigenvalue weighted by atomic mass is 35.5. The van der Waals surface area contributed by atoms with Crippen LogP contribution in [-0.4, -0.2) is 55.2 Å². The smallest absolute Gasteiger partial charge is 0.151 e. The van der Waals surface area contributed by atoms with Gasteiger partial charge in [-0.05, 0) is 55.0 Å². The van der Waals surface area contributed by atoms with Crippen molar-refractivity contribution in [3.05, 3.63) is 77.3 Å². The molecule has 33 heavy (non-hydrogen) atoms. The molecule has 4 rings (SSSR count). The lowest BCUT2D eigenvalue weighted by Crippen LogP contribution is -2.42. The molecule has 2 heterocycles. The molecule has 0 amide bonds. The van der Waals surface area contributed by atoms with Crippen molar-refractivity contribution in [3.63, 3.8) is 0 Å². The van der Waals surface area contributed by atoms with Crippen LogP contribution in [0.3, 0.4) is 0 Å². The van der Waals surface area contributed by atoms with Gasteiger partial charge in [-0.1, -0.05) is 23.7 Å². The molecule has 176 valence electrons. The Morgan fingerprint density at radius 2 is 1.97 bits per heavy atom. The third kappa shape index (κ3) is 6.57. The van der Waals surface area contributed by atoms with Crippen LogP contribution >= 0.6 is 11.6 Å². The van der Waals surface area contributed by atoms with Crippen LogP contribution in [-0.2, 0) is 16.4 Å². The van der Waals surface area contributed by atoms with E-state index < -0.39 is 15.9 Å². The minimum atomic E-state index is -3.11. The third-order valence-corrected chi connectivity index (χ3v) is 7.54. The second-order valence-electron chi connectivity index (χ2n) is 8.18. The van der Waals surface area contributed by atoms with Crippen molar-refractivity contribution in [1.82, 2.24) is 4.90 Å². The van der Waals surface area contributed by atoms with Crippen LogP contribution in [0.2, 0.25) is 5.02 Å². The first-order valence-electron chi connectivity index (χ1n) is 10.6. The maximum absolute atomic E-state index is 13.1. The molecule has 9 heteroatoms. The normalized spacial score (nSPS) is 18.5. The fourth-order valence-electron chi connectivity index (χ4n) is 3.91. The first-order chi connectivity index (χ1) is 15.8. The summed E-state index contributed by atoms with van der Waals surface area (Å²) in [5, 5.41) is 11.2. The fourth-order valence-corrected chi connectivity index (χ4v) is 5.86. The first-order valence-corrected chi connectivity index (χ1v) is 12.8. The summed E-state index contributed by atoms with van der Waals surface area (Å²) in [6.45, 7) is 0.538. The van der Waals surface area contributed by atoms with Crippen molar-refractivity contribution in [3.8, 4) is 17.1 Å². The summed E-state index contributed by atoms with van der Waals surface area (Å²) in [6.07, 6.45) is -0.379. The lowest BCUT2D eigenvalue weighted by Gasteiger charge is -2.29. The van der Waals surface area contributed by atoms with E-state index >= 15 is 0 Å². The molecule has 3 aromatic rings. The van der Waals surface area contributed by atoms with Gasteiger partial charge in [-0.2, -0.15) is 0 Å². The van der Waals surface area contributed by atoms with Crippen molar-refractivity contribution in [2.75, 3.05) is 24.7 Å². The van der Waals surface area contributed by atoms with E-state index in [1.807, 2.05) is 35.2 Å². The Balaban J connectivity index is 1.44. The van der Waals surface area contributed by atoms with Gasteiger partial charge in [0.1, 0.15) is 35.8 Å². The summed E-state index contributed by atoms with van der Waals surface area (Å²) in [5.41, 5.74) is 0.844. The van der Waals surface area contributed by atoms with Gasteiger partial charge >= 0.3 is 0 Å². The third-order valence-electron chi connectivity index (χ3n) is 5.56. The van der Waals surface area contributed by atoms with Crippen LogP contribution in [0.15, 0.2) is 65.1 Å². The quantitative estimate of drug-likeness (QED) is 0.482. The summed E-state index contributed by atoms with van der Waals surface area (Å²) >= 11 is 6.07. The highest BCUT2D eigenvalue weighted by Gasteiger charge is 2.33. The van der Waals surface area contributed by atoms with Gasteiger partial charge in [-0.3, -0.25) is 4.90 Å². The molecule has 0 spiro atoms. The fraction of sp³-hybridized carbons (Fsp3) is 0.333. The van der Waals surface area contributed by atoms with Crippen LogP contribution < -0.4 is 4.74 Å². The summed E-state index contributed by atoms with van der Waals surface area (Å²) in [5.74, 6) is 1.56. The molecule has 1 aromatic heterocycles. The number of nitrogens with zero attached hydrogens (tertiary/aromatic N) is 1. The summed E-state index contributed by atoms with van der Waals surface area (Å²) in [4.78, 5) is 1.92. The van der Waals surface area contributed by atoms with Crippen molar-refractivity contribution in [2.45, 2.75) is 25.1 Å². The molecule has 0 radical (unpaired) electrons. The van der Waals surface area contributed by atoms with E-state index in [9.17, 15) is 17.9 Å². The van der Waals surface area contributed by atoms with Crippen molar-refractivity contribution in [2.24, 2.45) is 0 Å². The zero-order valence-corrected chi connectivity index (χ0v) is 19.4. The average molecular weight is 494 g/mol. The predicted octanol–water partition coefficient (Wildman–Crippen LogP) is 4.17. The van der Waals surface area contributed by atoms with Crippen LogP contribution in [0.25, 0.3) is 11.3 Å². The molecule has 2 atom stereocenters. The molecule has 2 unspecified atom stereocenters. The largest absolute Gasteiger partial charge is 0.491 e. The van der Waals surface area contributed by atoms with Crippen molar-refractivity contribution >= 4 is 21.4 Å². The minimum absolute atomic E-state index is 0.00643. The van der Waals surface area contributed by atoms with Gasteiger partial charge in [0.05, 0.1) is 18.1 Å². The Kier molecular flexibility index (Phi) is 7.38. The van der Waals surface area contributed by atoms with Crippen LogP contribution in [0.4, 0.5) is 4.39 Å². The standard InChI is InChI=1S/C24H25ClFNO5S/c25-18-3-1-2-17(12-18)24-9-8-23(32-24)14-27(20-10-11-33(29,30)16-20)13-21(28)15-31-22-6-4-19(26)5-7-22/h1-9,12,20-21,28H,10-11,13-16H2. The number of sulfone groups is 1. The Labute approximate surface area is 197 Å². The second kappa shape index (κ2) is 10.3. The van der Waals surface area contributed by atoms with Crippen molar-refractivity contribution < 1.29 is 27.1 Å². The topological polar surface area (TPSA) is 80.0 Å². The second-order valence-corrected chi connectivity index (χ2v) is 10.8. The first kappa shape index (κ1) is 23.8. The van der Waals surface area contributed by atoms with Crippen LogP contribution in [0.5, 0.6) is 5.75 Å². The summed E-state index contributed by atoms with van der Waals surface area (Å²) < 4.78 is 48.7. The Morgan fingerprint density at radius 3 is 2.67 bits per heavy atom. The molecule has 0 bridgehead atoms. The lowest BCUT2D eigenvalue weighted by atomic mass is 10.2. The lowest BCUT2D eigenvalue weighted by molar-refractivity contribution is 0.0498. The van der Waals surface area contributed by atoms with Gasteiger partial charge in [0.25, 0.3) is 0 Å². The molecule has 1 N–H and O–H groups in total. The molecule has 1 aliphatic heterocycles. The maximum Gasteiger partial charge on any atom is 0.151 e. The maximum atomic E-state index is 13.1. The van der Waals surface area contributed by atoms with Gasteiger partial charge in [0.15, 0.2) is 9.84 Å². The molecule has 6 nitrogen and oxygen atoms in total. The van der Waals surface area contributed by atoms with Crippen LogP contribution in [0, 0.1) is 5.82 Å². The number of rotatable bonds is 9. The van der Waals surface area contributed by atoms with E-state index in [2.05, 4.69) is 0 Å². The number of aliphatic hydroxyl groups is 1. The monoisotopic (exact) mass is 493 g/mol. The van der Waals surface area contributed by atoms with Gasteiger partial charge in [0.2, 0.25) is 0 Å². The minimum Gasteiger partial charge on any atom is -0.491 e. The highest BCUT2D eigenvalue weighted by molar-refractivity contribution is 7.91. The SMILES string of the molecule is O=S1(=O)CCC(N(Cc2ccc(-c3cccc(Cl)c3)o2)CC(O)COc2ccc(F)cc2)C1. The number of hydrogen-bond acceptors (Lipinski definition) is 6. The van der Waals surface area contributed by atoms with Gasteiger partial charge in [0, 0.05) is 23.2 Å². The summed E-state index contributed by atoms with van der Waals surface area (Å²) in [7, 11) is -3.11. The molecule has 1 aliphatic rings. The van der Waals surface area contributed by atoms with Gasteiger partial charge in [-0.15, -0.1) is 0 Å². The van der Waals surface area contributed by atoms with E-state index in [0.29, 0.717) is 35.3 Å². The predicted molar refractivity (Wildman–Crippen MR) is 125 cm³/mol. The van der Waals surface area contributed by atoms with E-state index in [1.165, 1.54) is 24.3 Å². The zero-order valence-electron chi connectivity index (χ0n) is 17.9. The van der Waals surface area contributed by atoms with E-state index in [1.54, 1.807) is 6.07 Å². The molecular formula is C24H25ClFNO5S. The molecule has 2 aromatic carbocycles. The molecule has 0 saturated carbocycles. The number of ether oxygens (including phenoxy) is 1. The number of aliphatic hydroxyl groups excluding tert-OH is 1. The Hall–Kier alpha value is -2.39. The molecule has 0 aliphatic carbocycles. The van der Waals surface area contributed by atoms with Crippen molar-refractivity contribution in [1.29, 1.82) is 0 Å². The molecular weight excluding hydrogens is 469 g/mol. The average Bonchev–Trinajstić information content (AvgIpc) is 3.39. The number of furan rings is 1. The van der Waals surface area contributed by atoms with Gasteiger partial charge < -0.3 is 14.3 Å². The zero-order chi connectivity index (χ0) is 23.4. The number of hydrogen-bond donors (Lipinski definition) is 1. The Morgan fingerprint density at radius 1 is 1.18 bits per heavy atom. The summed E-state index contributed by atoms with van der Waals surface area (Å²) in [6, 6.07) is 16.3. The molecule has 1 saturated heterocycles. The van der Waals surface area contributed by atoms with E-state index in [-0.39, 0.29) is 36.5 Å². The number of halogens is 2. The Bertz CT molecular complexity index is 1180. The molecule has 1 fully saturated rings. The van der Waals surface area contributed by atoms with Crippen LogP contribution in [0.1, 0.15) is 12.2 Å². The van der Waals surface area contributed by atoms with Gasteiger partial charge in [-0.25, -0.2) is 12.8 Å².